The van der Waals surface area contributed by atoms with Crippen LogP contribution in [0.1, 0.15) is 65.6 Å². The van der Waals surface area contributed by atoms with Gasteiger partial charge in [0.15, 0.2) is 0 Å². The van der Waals surface area contributed by atoms with Gasteiger partial charge in [-0.2, -0.15) is 0 Å². The monoisotopic (exact) mass is 428 g/mol. The molecule has 0 aromatic heterocycles. The number of amides is 1. The lowest BCUT2D eigenvalue weighted by molar-refractivity contribution is 0.0933. The van der Waals surface area contributed by atoms with Crippen molar-refractivity contribution in [3.8, 4) is 0 Å². The van der Waals surface area contributed by atoms with E-state index in [9.17, 15) is 13.2 Å². The first-order valence-corrected chi connectivity index (χ1v) is 12.5. The van der Waals surface area contributed by atoms with Gasteiger partial charge in [0.05, 0.1) is 18.5 Å². The minimum Gasteiger partial charge on any atom is -0.349 e. The molecule has 1 saturated carbocycles. The van der Waals surface area contributed by atoms with Gasteiger partial charge >= 0.3 is 0 Å². The van der Waals surface area contributed by atoms with Crippen LogP contribution in [-0.4, -0.2) is 26.6 Å². The number of rotatable bonds is 6. The Morgan fingerprint density at radius 1 is 1.00 bits per heavy atom. The van der Waals surface area contributed by atoms with Gasteiger partial charge in [-0.25, -0.2) is 8.42 Å². The van der Waals surface area contributed by atoms with Gasteiger partial charge in [-0.1, -0.05) is 49.9 Å². The molecule has 0 saturated heterocycles. The molecule has 0 aliphatic heterocycles. The molecule has 0 spiro atoms. The van der Waals surface area contributed by atoms with E-state index in [1.54, 1.807) is 12.1 Å². The lowest BCUT2D eigenvalue weighted by atomic mass is 10.1. The average Bonchev–Trinajstić information content (AvgIpc) is 2.96. The van der Waals surface area contributed by atoms with Gasteiger partial charge in [0.2, 0.25) is 10.0 Å². The van der Waals surface area contributed by atoms with E-state index >= 15 is 0 Å². The van der Waals surface area contributed by atoms with E-state index in [-0.39, 0.29) is 18.5 Å². The quantitative estimate of drug-likeness (QED) is 0.677. The van der Waals surface area contributed by atoms with Crippen molar-refractivity contribution in [1.82, 2.24) is 5.32 Å². The largest absolute Gasteiger partial charge is 0.349 e. The van der Waals surface area contributed by atoms with Crippen molar-refractivity contribution in [1.29, 1.82) is 0 Å². The molecule has 6 heteroatoms. The number of hydrogen-bond donors (Lipinski definition) is 1. The Balaban J connectivity index is 1.74. The van der Waals surface area contributed by atoms with Crippen LogP contribution in [0, 0.1) is 13.8 Å². The van der Waals surface area contributed by atoms with Crippen LogP contribution in [0.4, 0.5) is 5.69 Å². The standard InChI is InChI=1S/C24H32N2O3S/c1-18-10-11-19(2)23(16-18)26(30(3,28)29)17-20-12-14-21(15-13-20)24(27)25-22-8-6-4-5-7-9-22/h10-16,22H,4-9,17H2,1-3H3,(H,25,27). The summed E-state index contributed by atoms with van der Waals surface area (Å²) in [6, 6.07) is 13.3. The SMILES string of the molecule is Cc1ccc(C)c(N(Cc2ccc(C(=O)NC3CCCCCC3)cc2)S(C)(=O)=O)c1. The minimum absolute atomic E-state index is 0.0528. The van der Waals surface area contributed by atoms with Crippen LogP contribution in [-0.2, 0) is 16.6 Å². The first-order valence-electron chi connectivity index (χ1n) is 10.7. The van der Waals surface area contributed by atoms with Gasteiger partial charge < -0.3 is 5.32 Å². The van der Waals surface area contributed by atoms with E-state index in [2.05, 4.69) is 5.32 Å². The number of carbonyl (C=O) groups is 1. The van der Waals surface area contributed by atoms with Crippen LogP contribution in [0.5, 0.6) is 0 Å². The first-order chi connectivity index (χ1) is 14.2. The molecule has 30 heavy (non-hydrogen) atoms. The first kappa shape index (κ1) is 22.3. The highest BCUT2D eigenvalue weighted by molar-refractivity contribution is 7.92. The summed E-state index contributed by atoms with van der Waals surface area (Å²) in [7, 11) is -3.45. The summed E-state index contributed by atoms with van der Waals surface area (Å²) in [6.07, 6.45) is 8.15. The normalized spacial score (nSPS) is 15.4. The van der Waals surface area contributed by atoms with Crippen molar-refractivity contribution in [3.63, 3.8) is 0 Å². The van der Waals surface area contributed by atoms with Crippen molar-refractivity contribution in [2.24, 2.45) is 0 Å². The molecule has 2 aromatic carbocycles. The molecule has 0 radical (unpaired) electrons. The number of aryl methyl sites for hydroxylation is 2. The van der Waals surface area contributed by atoms with Gasteiger partial charge in [0, 0.05) is 11.6 Å². The molecule has 162 valence electrons. The molecule has 2 aromatic rings. The van der Waals surface area contributed by atoms with Crippen LogP contribution < -0.4 is 9.62 Å². The number of carbonyl (C=O) groups excluding carboxylic acids is 1. The molecule has 0 bridgehead atoms. The van der Waals surface area contributed by atoms with Crippen molar-refractivity contribution in [2.45, 2.75) is 65.0 Å². The summed E-state index contributed by atoms with van der Waals surface area (Å²) in [4.78, 5) is 12.6. The predicted molar refractivity (Wildman–Crippen MR) is 122 cm³/mol. The average molecular weight is 429 g/mol. The van der Waals surface area contributed by atoms with Gasteiger partial charge in [-0.3, -0.25) is 9.10 Å². The number of nitrogens with one attached hydrogen (secondary N) is 1. The molecule has 1 aliphatic rings. The summed E-state index contributed by atoms with van der Waals surface area (Å²) in [6.45, 7) is 4.09. The van der Waals surface area contributed by atoms with Crippen molar-refractivity contribution < 1.29 is 13.2 Å². The smallest absolute Gasteiger partial charge is 0.251 e. The third-order valence-corrected chi connectivity index (χ3v) is 6.89. The molecule has 5 nitrogen and oxygen atoms in total. The molecular weight excluding hydrogens is 396 g/mol. The molecule has 3 rings (SSSR count). The maximum absolute atomic E-state index is 12.6. The third-order valence-electron chi connectivity index (χ3n) is 5.77. The van der Waals surface area contributed by atoms with E-state index in [1.807, 2.05) is 44.2 Å². The van der Waals surface area contributed by atoms with Crippen molar-refractivity contribution in [2.75, 3.05) is 10.6 Å². The van der Waals surface area contributed by atoms with Crippen LogP contribution in [0.15, 0.2) is 42.5 Å². The molecule has 1 amide bonds. The summed E-state index contributed by atoms with van der Waals surface area (Å²) >= 11 is 0. The van der Waals surface area contributed by atoms with Gasteiger partial charge in [-0.05, 0) is 61.6 Å². The van der Waals surface area contributed by atoms with Gasteiger partial charge in [0.25, 0.3) is 5.91 Å². The van der Waals surface area contributed by atoms with E-state index in [0.717, 1.165) is 29.5 Å². The number of nitrogens with zero attached hydrogens (tertiary/aromatic N) is 1. The van der Waals surface area contributed by atoms with E-state index < -0.39 is 10.0 Å². The topological polar surface area (TPSA) is 66.5 Å². The Morgan fingerprint density at radius 2 is 1.63 bits per heavy atom. The Labute approximate surface area is 180 Å². The highest BCUT2D eigenvalue weighted by Gasteiger charge is 2.20. The van der Waals surface area contributed by atoms with E-state index in [0.29, 0.717) is 11.3 Å². The zero-order valence-corrected chi connectivity index (χ0v) is 19.0. The maximum atomic E-state index is 12.6. The summed E-state index contributed by atoms with van der Waals surface area (Å²) in [5, 5.41) is 3.15. The van der Waals surface area contributed by atoms with Crippen LogP contribution in [0.25, 0.3) is 0 Å². The number of sulfonamides is 1. The Kier molecular flexibility index (Phi) is 7.19. The van der Waals surface area contributed by atoms with Crippen molar-refractivity contribution >= 4 is 21.6 Å². The number of anilines is 1. The van der Waals surface area contributed by atoms with Gasteiger partial charge in [0.1, 0.15) is 0 Å². The summed E-state index contributed by atoms with van der Waals surface area (Å²) in [5.74, 6) is -0.0528. The molecular formula is C24H32N2O3S. The van der Waals surface area contributed by atoms with Gasteiger partial charge in [-0.15, -0.1) is 0 Å². The minimum atomic E-state index is -3.45. The van der Waals surface area contributed by atoms with Crippen LogP contribution in [0.2, 0.25) is 0 Å². The number of benzene rings is 2. The van der Waals surface area contributed by atoms with E-state index in [1.165, 1.54) is 36.2 Å². The fourth-order valence-corrected chi connectivity index (χ4v) is 4.93. The Morgan fingerprint density at radius 3 is 2.23 bits per heavy atom. The Hall–Kier alpha value is -2.34. The molecule has 1 aliphatic carbocycles. The lowest BCUT2D eigenvalue weighted by Gasteiger charge is -2.25. The molecule has 0 atom stereocenters. The summed E-state index contributed by atoms with van der Waals surface area (Å²) in [5.41, 5.74) is 4.06. The third kappa shape index (κ3) is 5.85. The predicted octanol–water partition coefficient (Wildman–Crippen LogP) is 4.72. The maximum Gasteiger partial charge on any atom is 0.251 e. The molecule has 0 unspecified atom stereocenters. The Bertz CT molecular complexity index is 976. The zero-order chi connectivity index (χ0) is 21.7. The lowest BCUT2D eigenvalue weighted by Crippen LogP contribution is -2.34. The highest BCUT2D eigenvalue weighted by atomic mass is 32.2. The molecule has 0 heterocycles. The fraction of sp³-hybridized carbons (Fsp3) is 0.458. The second-order valence-corrected chi connectivity index (χ2v) is 10.3. The van der Waals surface area contributed by atoms with E-state index in [4.69, 9.17) is 0 Å². The molecule has 1 fully saturated rings. The molecule has 1 N–H and O–H groups in total. The second-order valence-electron chi connectivity index (χ2n) is 8.42. The highest BCUT2D eigenvalue weighted by Crippen LogP contribution is 2.26. The number of hydrogen-bond acceptors (Lipinski definition) is 3. The fourth-order valence-electron chi connectivity index (χ4n) is 3.99. The zero-order valence-electron chi connectivity index (χ0n) is 18.1. The second kappa shape index (κ2) is 9.65. The van der Waals surface area contributed by atoms with Crippen LogP contribution in [0.3, 0.4) is 0 Å². The summed E-state index contributed by atoms with van der Waals surface area (Å²) < 4.78 is 26.4. The van der Waals surface area contributed by atoms with Crippen molar-refractivity contribution in [3.05, 3.63) is 64.7 Å². The van der Waals surface area contributed by atoms with Crippen LogP contribution >= 0.6 is 0 Å².